The highest BCUT2D eigenvalue weighted by Gasteiger charge is 2.64. The Morgan fingerprint density at radius 1 is 1.33 bits per heavy atom. The Kier molecular flexibility index (Phi) is 2.29. The van der Waals surface area contributed by atoms with Gasteiger partial charge in [-0.3, -0.25) is 4.90 Å². The predicted octanol–water partition coefficient (Wildman–Crippen LogP) is 3.41. The molecule has 2 heteroatoms. The maximum Gasteiger partial charge on any atom is 0.0405 e. The van der Waals surface area contributed by atoms with Crippen molar-refractivity contribution < 1.29 is 0 Å². The van der Waals surface area contributed by atoms with Gasteiger partial charge in [-0.2, -0.15) is 0 Å². The molecule has 1 aromatic carbocycles. The van der Waals surface area contributed by atoms with E-state index in [0.717, 1.165) is 17.9 Å². The van der Waals surface area contributed by atoms with E-state index >= 15 is 0 Å². The van der Waals surface area contributed by atoms with Crippen LogP contribution in [0.1, 0.15) is 32.3 Å². The minimum Gasteiger partial charge on any atom is -0.381 e. The first-order chi connectivity index (χ1) is 10.3. The number of piperidine rings is 1. The molecular formula is C19H24N2. The van der Waals surface area contributed by atoms with E-state index in [2.05, 4.69) is 54.4 Å². The molecule has 3 aliphatic heterocycles. The normalized spacial score (nSPS) is 45.3. The zero-order valence-corrected chi connectivity index (χ0v) is 13.0. The van der Waals surface area contributed by atoms with Crippen LogP contribution >= 0.6 is 0 Å². The van der Waals surface area contributed by atoms with Crippen molar-refractivity contribution in [2.45, 2.75) is 44.2 Å². The van der Waals surface area contributed by atoms with Crippen molar-refractivity contribution in [3.05, 3.63) is 41.5 Å². The summed E-state index contributed by atoms with van der Waals surface area (Å²) >= 11 is 0. The Bertz CT molecular complexity index is 634. The maximum absolute atomic E-state index is 3.92. The minimum atomic E-state index is 0.381. The molecule has 1 spiro atoms. The molecule has 2 saturated heterocycles. The van der Waals surface area contributed by atoms with E-state index in [4.69, 9.17) is 0 Å². The SMILES string of the molecule is C/C=C1\CN2CC[C@]34c5ccccc5N[C@H]3[C@@H](C)[C@H]1C[C@@H]24. The molecule has 110 valence electrons. The molecule has 5 atom stereocenters. The number of nitrogens with one attached hydrogen (secondary N) is 1. The predicted molar refractivity (Wildman–Crippen MR) is 86.5 cm³/mol. The van der Waals surface area contributed by atoms with Crippen LogP contribution in [0, 0.1) is 11.8 Å². The Balaban J connectivity index is 1.71. The average molecular weight is 280 g/mol. The molecule has 0 unspecified atom stereocenters. The van der Waals surface area contributed by atoms with Crippen LogP contribution in [-0.2, 0) is 5.41 Å². The smallest absolute Gasteiger partial charge is 0.0405 e. The van der Waals surface area contributed by atoms with Crippen LogP contribution in [0.5, 0.6) is 0 Å². The van der Waals surface area contributed by atoms with Gasteiger partial charge in [-0.15, -0.1) is 0 Å². The van der Waals surface area contributed by atoms with Crippen LogP contribution in [0.25, 0.3) is 0 Å². The molecule has 3 heterocycles. The highest BCUT2D eigenvalue weighted by Crippen LogP contribution is 2.60. The largest absolute Gasteiger partial charge is 0.381 e. The lowest BCUT2D eigenvalue weighted by atomic mass is 9.56. The van der Waals surface area contributed by atoms with Gasteiger partial charge in [0.15, 0.2) is 0 Å². The van der Waals surface area contributed by atoms with E-state index in [9.17, 15) is 0 Å². The first kappa shape index (κ1) is 12.3. The van der Waals surface area contributed by atoms with E-state index in [1.54, 1.807) is 11.1 Å². The zero-order chi connectivity index (χ0) is 14.2. The summed E-state index contributed by atoms with van der Waals surface area (Å²) in [4.78, 5) is 2.77. The second kappa shape index (κ2) is 3.92. The number of anilines is 1. The quantitative estimate of drug-likeness (QED) is 0.733. The third-order valence-corrected chi connectivity index (χ3v) is 7.01. The molecule has 0 radical (unpaired) electrons. The van der Waals surface area contributed by atoms with Gasteiger partial charge in [-0.05, 0) is 49.8 Å². The van der Waals surface area contributed by atoms with Crippen LogP contribution < -0.4 is 5.32 Å². The van der Waals surface area contributed by atoms with Gasteiger partial charge in [0.2, 0.25) is 0 Å². The molecule has 21 heavy (non-hydrogen) atoms. The second-order valence-corrected chi connectivity index (χ2v) is 7.51. The fourth-order valence-electron chi connectivity index (χ4n) is 6.12. The van der Waals surface area contributed by atoms with Gasteiger partial charge >= 0.3 is 0 Å². The summed E-state index contributed by atoms with van der Waals surface area (Å²) in [5.41, 5.74) is 5.08. The summed E-state index contributed by atoms with van der Waals surface area (Å²) in [6.45, 7) is 7.21. The number of nitrogens with zero attached hydrogens (tertiary/aromatic N) is 1. The van der Waals surface area contributed by atoms with Crippen LogP contribution in [0.15, 0.2) is 35.9 Å². The Morgan fingerprint density at radius 2 is 2.19 bits per heavy atom. The van der Waals surface area contributed by atoms with E-state index in [-0.39, 0.29) is 0 Å². The monoisotopic (exact) mass is 280 g/mol. The molecule has 0 amide bonds. The molecular weight excluding hydrogens is 256 g/mol. The van der Waals surface area contributed by atoms with Crippen LogP contribution in [-0.4, -0.2) is 30.1 Å². The van der Waals surface area contributed by atoms with Gasteiger partial charge in [0.25, 0.3) is 0 Å². The molecule has 2 bridgehead atoms. The summed E-state index contributed by atoms with van der Waals surface area (Å²) in [5.74, 6) is 1.52. The summed E-state index contributed by atoms with van der Waals surface area (Å²) in [6.07, 6.45) is 5.10. The molecule has 5 rings (SSSR count). The highest BCUT2D eigenvalue weighted by atomic mass is 15.2. The lowest BCUT2D eigenvalue weighted by molar-refractivity contribution is 0.0642. The van der Waals surface area contributed by atoms with Crippen molar-refractivity contribution in [3.8, 4) is 0 Å². The van der Waals surface area contributed by atoms with Crippen molar-refractivity contribution in [2.24, 2.45) is 11.8 Å². The average Bonchev–Trinajstić information content (AvgIpc) is 3.07. The van der Waals surface area contributed by atoms with Gasteiger partial charge in [0, 0.05) is 29.7 Å². The third kappa shape index (κ3) is 1.29. The number of rotatable bonds is 0. The number of allylic oxidation sites excluding steroid dienone is 1. The van der Waals surface area contributed by atoms with Gasteiger partial charge in [-0.25, -0.2) is 0 Å². The Hall–Kier alpha value is -1.28. The Labute approximate surface area is 127 Å². The van der Waals surface area contributed by atoms with E-state index in [1.807, 2.05) is 0 Å². The van der Waals surface area contributed by atoms with Gasteiger partial charge < -0.3 is 5.32 Å². The van der Waals surface area contributed by atoms with Crippen LogP contribution in [0.2, 0.25) is 0 Å². The molecule has 1 saturated carbocycles. The van der Waals surface area contributed by atoms with E-state index in [1.165, 1.54) is 31.6 Å². The topological polar surface area (TPSA) is 15.3 Å². The number of fused-ring (bicyclic) bond motifs is 2. The maximum atomic E-state index is 3.92. The number of para-hydroxylation sites is 1. The zero-order valence-electron chi connectivity index (χ0n) is 13.0. The van der Waals surface area contributed by atoms with Crippen LogP contribution in [0.3, 0.4) is 0 Å². The van der Waals surface area contributed by atoms with Crippen molar-refractivity contribution in [1.29, 1.82) is 0 Å². The third-order valence-electron chi connectivity index (χ3n) is 7.01. The lowest BCUT2D eigenvalue weighted by Crippen LogP contribution is -2.61. The molecule has 1 aromatic rings. The fraction of sp³-hybridized carbons (Fsp3) is 0.579. The summed E-state index contributed by atoms with van der Waals surface area (Å²) in [6, 6.07) is 10.5. The second-order valence-electron chi connectivity index (χ2n) is 7.51. The standard InChI is InChI=1S/C19H24N2/c1-3-13-11-21-9-8-19-15-6-4-5-7-16(15)20-18(19)12(2)14(13)10-17(19)21/h3-7,12,14,17-18,20H,8-11H2,1-2H3/b13-3+/t12-,14+,17+,18-,19+/m0/s1. The minimum absolute atomic E-state index is 0.381. The van der Waals surface area contributed by atoms with Crippen molar-refractivity contribution in [2.75, 3.05) is 18.4 Å². The highest BCUT2D eigenvalue weighted by molar-refractivity contribution is 5.64. The van der Waals surface area contributed by atoms with Crippen molar-refractivity contribution in [3.63, 3.8) is 0 Å². The Morgan fingerprint density at radius 3 is 3.05 bits per heavy atom. The van der Waals surface area contributed by atoms with Gasteiger partial charge in [0.05, 0.1) is 0 Å². The summed E-state index contributed by atoms with van der Waals surface area (Å²) < 4.78 is 0. The molecule has 2 nitrogen and oxygen atoms in total. The van der Waals surface area contributed by atoms with Gasteiger partial charge in [-0.1, -0.05) is 36.8 Å². The first-order valence-electron chi connectivity index (χ1n) is 8.51. The van der Waals surface area contributed by atoms with Crippen molar-refractivity contribution in [1.82, 2.24) is 4.90 Å². The van der Waals surface area contributed by atoms with E-state index < -0.39 is 0 Å². The molecule has 1 aliphatic carbocycles. The van der Waals surface area contributed by atoms with Crippen molar-refractivity contribution >= 4 is 5.69 Å². The van der Waals surface area contributed by atoms with Gasteiger partial charge in [0.1, 0.15) is 0 Å². The summed E-state index contributed by atoms with van der Waals surface area (Å²) in [7, 11) is 0. The number of hydrogen-bond acceptors (Lipinski definition) is 2. The van der Waals surface area contributed by atoms with E-state index in [0.29, 0.717) is 11.5 Å². The molecule has 1 N–H and O–H groups in total. The molecule has 4 aliphatic rings. The molecule has 3 fully saturated rings. The summed E-state index contributed by atoms with van der Waals surface area (Å²) in [5, 5.41) is 3.92. The van der Waals surface area contributed by atoms with Crippen LogP contribution in [0.4, 0.5) is 5.69 Å². The number of hydrogen-bond donors (Lipinski definition) is 1. The first-order valence-corrected chi connectivity index (χ1v) is 8.51. The lowest BCUT2D eigenvalue weighted by Gasteiger charge is -2.54. The fourth-order valence-corrected chi connectivity index (χ4v) is 6.12. The number of benzene rings is 1. The molecule has 0 aromatic heterocycles.